The molecule has 0 aromatic carbocycles. The third kappa shape index (κ3) is 9.32. The zero-order valence-electron chi connectivity index (χ0n) is 11.5. The van der Waals surface area contributed by atoms with E-state index < -0.39 is 10.1 Å². The van der Waals surface area contributed by atoms with Gasteiger partial charge in [0.1, 0.15) is 5.75 Å². The van der Waals surface area contributed by atoms with Gasteiger partial charge in [0.15, 0.2) is 5.78 Å². The molecule has 0 saturated heterocycles. The van der Waals surface area contributed by atoms with Crippen molar-refractivity contribution in [2.45, 2.75) is 26.2 Å². The lowest BCUT2D eigenvalue weighted by Crippen LogP contribution is -2.43. The van der Waals surface area contributed by atoms with Crippen LogP contribution in [0.4, 0.5) is 0 Å². The molecule has 0 amide bonds. The van der Waals surface area contributed by atoms with Crippen molar-refractivity contribution in [1.82, 2.24) is 0 Å². The average molecular weight is 278 g/mol. The predicted octanol–water partition coefficient (Wildman–Crippen LogP) is 1.27. The Morgan fingerprint density at radius 2 is 1.78 bits per heavy atom. The van der Waals surface area contributed by atoms with Gasteiger partial charge in [0.05, 0.1) is 27.2 Å². The molecule has 0 rings (SSSR count). The Morgan fingerprint density at radius 3 is 2.22 bits per heavy atom. The lowest BCUT2D eigenvalue weighted by Gasteiger charge is -2.29. The number of carbonyl (C=O) groups is 1. The van der Waals surface area contributed by atoms with E-state index in [1.807, 2.05) is 14.1 Å². The van der Waals surface area contributed by atoms with E-state index in [0.717, 1.165) is 19.4 Å². The molecule has 106 valence electrons. The van der Waals surface area contributed by atoms with E-state index in [4.69, 9.17) is 4.55 Å². The first-order valence-corrected chi connectivity index (χ1v) is 7.60. The van der Waals surface area contributed by atoms with Crippen LogP contribution in [0.2, 0.25) is 0 Å². The second-order valence-corrected chi connectivity index (χ2v) is 6.90. The van der Waals surface area contributed by atoms with E-state index in [2.05, 4.69) is 6.58 Å². The molecule has 0 aliphatic carbocycles. The smallest absolute Gasteiger partial charge is 0.270 e. The van der Waals surface area contributed by atoms with E-state index >= 15 is 0 Å². The Kier molecular flexibility index (Phi) is 6.73. The lowest BCUT2D eigenvalue weighted by molar-refractivity contribution is -0.888. The lowest BCUT2D eigenvalue weighted by atomic mass is 10.1. The molecule has 0 spiro atoms. The van der Waals surface area contributed by atoms with Crippen molar-refractivity contribution >= 4 is 15.9 Å². The maximum absolute atomic E-state index is 11.3. The van der Waals surface area contributed by atoms with Crippen LogP contribution in [0.3, 0.4) is 0 Å². The van der Waals surface area contributed by atoms with Crippen molar-refractivity contribution in [1.29, 1.82) is 0 Å². The van der Waals surface area contributed by atoms with Crippen LogP contribution in [-0.4, -0.2) is 56.2 Å². The Labute approximate surface area is 110 Å². The zero-order valence-corrected chi connectivity index (χ0v) is 12.3. The molecular formula is C12H24NO4S+. The Balaban J connectivity index is 3.91. The second kappa shape index (κ2) is 7.01. The average Bonchev–Trinajstić information content (AvgIpc) is 2.20. The number of ketones is 1. The highest BCUT2D eigenvalue weighted by Gasteiger charge is 2.18. The zero-order chi connectivity index (χ0) is 14.4. The van der Waals surface area contributed by atoms with Crippen LogP contribution in [0.25, 0.3) is 0 Å². The Bertz CT molecular complexity index is 398. The van der Waals surface area contributed by atoms with Gasteiger partial charge in [0.2, 0.25) is 0 Å². The fourth-order valence-corrected chi connectivity index (χ4v) is 2.24. The van der Waals surface area contributed by atoms with Crippen LogP contribution in [0.15, 0.2) is 12.2 Å². The van der Waals surface area contributed by atoms with Gasteiger partial charge in [-0.1, -0.05) is 6.58 Å². The predicted molar refractivity (Wildman–Crippen MR) is 71.9 cm³/mol. The highest BCUT2D eigenvalue weighted by atomic mass is 32.2. The first-order valence-electron chi connectivity index (χ1n) is 5.99. The van der Waals surface area contributed by atoms with E-state index in [9.17, 15) is 13.2 Å². The monoisotopic (exact) mass is 278 g/mol. The summed E-state index contributed by atoms with van der Waals surface area (Å²) in [6.07, 6.45) is 2.12. The van der Waals surface area contributed by atoms with Gasteiger partial charge in [-0.15, -0.1) is 0 Å². The summed E-state index contributed by atoms with van der Waals surface area (Å²) in [4.78, 5) is 11.3. The summed E-state index contributed by atoms with van der Waals surface area (Å²) in [5, 5.41) is 0. The molecule has 0 saturated carbocycles. The Hall–Kier alpha value is -0.720. The van der Waals surface area contributed by atoms with Crippen LogP contribution in [-0.2, 0) is 14.9 Å². The molecule has 0 aromatic heterocycles. The van der Waals surface area contributed by atoms with Gasteiger partial charge in [-0.05, 0) is 25.3 Å². The maximum atomic E-state index is 11.3. The van der Waals surface area contributed by atoms with Crippen molar-refractivity contribution in [2.24, 2.45) is 0 Å². The van der Waals surface area contributed by atoms with E-state index in [1.165, 1.54) is 0 Å². The van der Waals surface area contributed by atoms with Gasteiger partial charge in [-0.3, -0.25) is 9.35 Å². The third-order valence-corrected chi connectivity index (χ3v) is 3.55. The van der Waals surface area contributed by atoms with Crippen molar-refractivity contribution in [3.8, 4) is 0 Å². The quantitative estimate of drug-likeness (QED) is 0.298. The van der Waals surface area contributed by atoms with Gasteiger partial charge < -0.3 is 4.48 Å². The van der Waals surface area contributed by atoms with Crippen molar-refractivity contribution in [3.05, 3.63) is 12.2 Å². The molecule has 5 nitrogen and oxygen atoms in total. The number of carbonyl (C=O) groups excluding carboxylic acids is 1. The maximum Gasteiger partial charge on any atom is 0.270 e. The summed E-state index contributed by atoms with van der Waals surface area (Å²) in [7, 11) is -0.0770. The first-order chi connectivity index (χ1) is 8.03. The van der Waals surface area contributed by atoms with E-state index in [-0.39, 0.29) is 11.5 Å². The van der Waals surface area contributed by atoms with Crippen molar-refractivity contribution in [2.75, 3.05) is 32.9 Å². The molecule has 0 bridgehead atoms. The van der Waals surface area contributed by atoms with Crippen LogP contribution in [0.5, 0.6) is 0 Å². The largest absolute Gasteiger partial charge is 0.328 e. The minimum atomic E-state index is -3.89. The number of Topliss-reactive ketones (excluding diaryl/α,β-unsaturated/α-hetero) is 1. The van der Waals surface area contributed by atoms with Gasteiger partial charge in [-0.25, -0.2) is 0 Å². The Morgan fingerprint density at radius 1 is 1.22 bits per heavy atom. The summed E-state index contributed by atoms with van der Waals surface area (Å²) < 4.78 is 30.5. The number of nitrogens with zero attached hydrogens (tertiary/aromatic N) is 1. The van der Waals surface area contributed by atoms with Gasteiger partial charge in [0, 0.05) is 6.42 Å². The SMILES string of the molecule is C=C(C)C(=O)CCCC[N+](C)(C)CCS(=O)(=O)O. The molecule has 0 aliphatic heterocycles. The van der Waals surface area contributed by atoms with Gasteiger partial charge in [0.25, 0.3) is 10.1 Å². The summed E-state index contributed by atoms with van der Waals surface area (Å²) >= 11 is 0. The van der Waals surface area contributed by atoms with Crippen molar-refractivity contribution in [3.63, 3.8) is 0 Å². The molecule has 0 aromatic rings. The number of hydrogen-bond acceptors (Lipinski definition) is 3. The first kappa shape index (κ1) is 17.3. The molecule has 18 heavy (non-hydrogen) atoms. The third-order valence-electron chi connectivity index (χ3n) is 2.85. The fourth-order valence-electron chi connectivity index (χ4n) is 1.51. The van der Waals surface area contributed by atoms with E-state index in [1.54, 1.807) is 6.92 Å². The number of unbranched alkanes of at least 4 members (excludes halogenated alkanes) is 1. The molecule has 0 unspecified atom stereocenters. The molecule has 0 radical (unpaired) electrons. The number of quaternary nitrogens is 1. The molecule has 0 heterocycles. The molecular weight excluding hydrogens is 254 g/mol. The minimum absolute atomic E-state index is 0.0817. The molecule has 6 heteroatoms. The molecule has 0 aliphatic rings. The van der Waals surface area contributed by atoms with Gasteiger partial charge >= 0.3 is 0 Å². The van der Waals surface area contributed by atoms with Crippen molar-refractivity contribution < 1.29 is 22.2 Å². The molecule has 0 atom stereocenters. The number of allylic oxidation sites excluding steroid dienone is 1. The number of rotatable bonds is 9. The topological polar surface area (TPSA) is 71.4 Å². The summed E-state index contributed by atoms with van der Waals surface area (Å²) in [6, 6.07) is 0. The summed E-state index contributed by atoms with van der Waals surface area (Å²) in [5.41, 5.74) is 0.579. The molecule has 0 fully saturated rings. The van der Waals surface area contributed by atoms with Crippen LogP contribution < -0.4 is 0 Å². The number of hydrogen-bond donors (Lipinski definition) is 1. The highest BCUT2D eigenvalue weighted by Crippen LogP contribution is 2.07. The van der Waals surface area contributed by atoms with E-state index in [0.29, 0.717) is 23.0 Å². The minimum Gasteiger partial charge on any atom is -0.328 e. The standard InChI is InChI=1S/C12H23NO4S/c1-11(2)12(14)7-5-6-8-13(3,4)9-10-18(15,16)17/h1,5-10H2,2-4H3/p+1. The fraction of sp³-hybridized carbons (Fsp3) is 0.750. The van der Waals surface area contributed by atoms with Crippen LogP contribution in [0.1, 0.15) is 26.2 Å². The van der Waals surface area contributed by atoms with Crippen LogP contribution >= 0.6 is 0 Å². The second-order valence-electron chi connectivity index (χ2n) is 5.33. The summed E-state index contributed by atoms with van der Waals surface area (Å²) in [5.74, 6) is -0.150. The normalized spacial score (nSPS) is 12.4. The molecule has 1 N–H and O–H groups in total. The van der Waals surface area contributed by atoms with Crippen LogP contribution in [0, 0.1) is 0 Å². The van der Waals surface area contributed by atoms with Gasteiger partial charge in [-0.2, -0.15) is 8.42 Å². The highest BCUT2D eigenvalue weighted by molar-refractivity contribution is 7.85. The summed E-state index contributed by atoms with van der Waals surface area (Å²) in [6.45, 7) is 6.44.